The van der Waals surface area contributed by atoms with Gasteiger partial charge in [0, 0.05) is 46.6 Å². The van der Waals surface area contributed by atoms with Gasteiger partial charge in [0.25, 0.3) is 0 Å². The van der Waals surface area contributed by atoms with Gasteiger partial charge in [-0.1, -0.05) is 62.9 Å². The Bertz CT molecular complexity index is 2400. The average molecular weight is 786 g/mol. The summed E-state index contributed by atoms with van der Waals surface area (Å²) in [5.41, 5.74) is 3.71. The Kier molecular flexibility index (Phi) is 9.36. The fraction of sp³-hybridized carbons (Fsp3) is 0.465. The summed E-state index contributed by atoms with van der Waals surface area (Å²) in [7, 11) is -1.41. The number of aliphatic hydroxyl groups excluding tert-OH is 1. The van der Waals surface area contributed by atoms with Crippen LogP contribution in [-0.4, -0.2) is 80.8 Å². The van der Waals surface area contributed by atoms with Gasteiger partial charge in [-0.15, -0.1) is 0 Å². The van der Waals surface area contributed by atoms with Gasteiger partial charge in [-0.2, -0.15) is 5.10 Å². The molecule has 2 fully saturated rings. The van der Waals surface area contributed by atoms with E-state index >= 15 is 4.39 Å². The van der Waals surface area contributed by atoms with Gasteiger partial charge in [0.2, 0.25) is 0 Å². The number of rotatable bonds is 12. The number of fused-ring (bicyclic) bond motifs is 2. The molecule has 5 aromatic rings. The molecule has 5 heterocycles. The molecule has 1 unspecified atom stereocenters. The third-order valence-corrected chi connectivity index (χ3v) is 12.6. The molecule has 2 atom stereocenters. The minimum absolute atomic E-state index is 0.00207. The standard InChI is InChI=1S/C43H53FN6O5Si/c1-5-30-22-39(55-27-29-11-7-6-8-12-29)35(44)23-34(30)31-14-15-33-37(21-31)50(40-13-9-10-18-54-40)46-41(33)42-45-36-25-48(43(52)47-17-16-32(51)24-47)26-38(36)49(42)28-53-19-20-56(2,3)4/h6-8,11-12,14-15,21-23,32,40,51H,5,9-10,13,16-20,24-28H2,1-4H3/t32-,40?/m0/s1/i1D3,5D2. The Labute approximate surface area is 336 Å². The van der Waals surface area contributed by atoms with Crippen molar-refractivity contribution in [1.29, 1.82) is 0 Å². The molecule has 13 heteroatoms. The number of benzene rings is 3. The van der Waals surface area contributed by atoms with Crippen LogP contribution >= 0.6 is 0 Å². The first-order chi connectivity index (χ1) is 29.0. The maximum Gasteiger partial charge on any atom is 0.320 e. The molecule has 2 saturated heterocycles. The minimum Gasteiger partial charge on any atom is -0.486 e. The van der Waals surface area contributed by atoms with Crippen LogP contribution in [0, 0.1) is 5.82 Å². The zero-order valence-electron chi connectivity index (χ0n) is 37.3. The van der Waals surface area contributed by atoms with E-state index in [1.165, 1.54) is 0 Å². The van der Waals surface area contributed by atoms with Crippen LogP contribution in [0.15, 0.2) is 60.7 Å². The van der Waals surface area contributed by atoms with Crippen molar-refractivity contribution in [1.82, 2.24) is 29.1 Å². The Morgan fingerprint density at radius 2 is 1.95 bits per heavy atom. The summed E-state index contributed by atoms with van der Waals surface area (Å²) in [4.78, 5) is 22.1. The van der Waals surface area contributed by atoms with Gasteiger partial charge < -0.3 is 33.7 Å². The van der Waals surface area contributed by atoms with E-state index in [1.54, 1.807) is 26.6 Å². The molecule has 296 valence electrons. The van der Waals surface area contributed by atoms with Crippen LogP contribution < -0.4 is 4.74 Å². The lowest BCUT2D eigenvalue weighted by Crippen LogP contribution is -2.39. The largest absolute Gasteiger partial charge is 0.486 e. The van der Waals surface area contributed by atoms with Crippen molar-refractivity contribution in [2.24, 2.45) is 0 Å². The van der Waals surface area contributed by atoms with Crippen LogP contribution in [0.1, 0.15) is 68.1 Å². The number of β-amino-alcohol motifs (C(OH)–C–C–N with tert-alkyl or cyclic N) is 1. The van der Waals surface area contributed by atoms with Crippen molar-refractivity contribution in [3.8, 4) is 28.4 Å². The average Bonchev–Trinajstić information content (AvgIpc) is 4.01. The predicted octanol–water partition coefficient (Wildman–Crippen LogP) is 8.36. The molecule has 0 aliphatic carbocycles. The number of aromatic nitrogens is 4. The van der Waals surface area contributed by atoms with Crippen molar-refractivity contribution >= 4 is 25.0 Å². The molecule has 11 nitrogen and oxygen atoms in total. The van der Waals surface area contributed by atoms with Crippen LogP contribution in [0.25, 0.3) is 33.5 Å². The van der Waals surface area contributed by atoms with Crippen LogP contribution in [0.5, 0.6) is 5.75 Å². The number of carbonyl (C=O) groups is 1. The monoisotopic (exact) mass is 785 g/mol. The molecule has 0 bridgehead atoms. The number of urea groups is 1. The fourth-order valence-corrected chi connectivity index (χ4v) is 8.47. The number of imidazole rings is 1. The van der Waals surface area contributed by atoms with Crippen molar-refractivity contribution in [3.05, 3.63) is 89.0 Å². The number of aliphatic hydroxyl groups is 1. The third kappa shape index (κ3) is 8.00. The highest BCUT2D eigenvalue weighted by Crippen LogP contribution is 2.39. The van der Waals surface area contributed by atoms with E-state index in [2.05, 4.69) is 19.6 Å². The van der Waals surface area contributed by atoms with Gasteiger partial charge >= 0.3 is 6.03 Å². The molecule has 3 aromatic carbocycles. The number of hydrogen-bond acceptors (Lipinski definition) is 7. The van der Waals surface area contributed by atoms with E-state index in [-0.39, 0.29) is 42.8 Å². The molecule has 3 aliphatic heterocycles. The summed E-state index contributed by atoms with van der Waals surface area (Å²) < 4.78 is 80.4. The highest BCUT2D eigenvalue weighted by molar-refractivity contribution is 6.76. The number of carbonyl (C=O) groups excluding carboxylic acids is 1. The summed E-state index contributed by atoms with van der Waals surface area (Å²) in [6.07, 6.45) is -0.809. The van der Waals surface area contributed by atoms with E-state index < -0.39 is 39.4 Å². The molecule has 2 aromatic heterocycles. The molecule has 0 spiro atoms. The third-order valence-electron chi connectivity index (χ3n) is 10.9. The number of nitrogens with zero attached hydrogens (tertiary/aromatic N) is 6. The number of amides is 2. The maximum absolute atomic E-state index is 16.0. The van der Waals surface area contributed by atoms with Crippen molar-refractivity contribution in [2.45, 2.75) is 103 Å². The first-order valence-corrected chi connectivity index (χ1v) is 23.2. The number of likely N-dealkylation sites (tertiary alicyclic amines) is 1. The minimum atomic E-state index is -3.09. The molecule has 3 aliphatic rings. The second-order valence-electron chi connectivity index (χ2n) is 16.2. The molecular formula is C43H53FN6O5Si. The van der Waals surface area contributed by atoms with E-state index in [9.17, 15) is 9.90 Å². The Balaban J connectivity index is 1.22. The zero-order chi connectivity index (χ0) is 43.3. The fourth-order valence-electron chi connectivity index (χ4n) is 7.71. The lowest BCUT2D eigenvalue weighted by atomic mass is 9.96. The molecule has 0 radical (unpaired) electrons. The Morgan fingerprint density at radius 3 is 2.70 bits per heavy atom. The lowest BCUT2D eigenvalue weighted by molar-refractivity contribution is -0.0365. The zero-order valence-corrected chi connectivity index (χ0v) is 33.3. The Morgan fingerprint density at radius 1 is 1.09 bits per heavy atom. The topological polar surface area (TPSA) is 107 Å². The summed E-state index contributed by atoms with van der Waals surface area (Å²) in [5, 5.41) is 16.0. The van der Waals surface area contributed by atoms with Gasteiger partial charge in [0.15, 0.2) is 23.6 Å². The molecule has 8 rings (SSSR count). The molecule has 56 heavy (non-hydrogen) atoms. The first-order valence-electron chi connectivity index (χ1n) is 22.0. The quantitative estimate of drug-likeness (QED) is 0.100. The van der Waals surface area contributed by atoms with Crippen LogP contribution in [0.2, 0.25) is 25.7 Å². The molecule has 2 amide bonds. The van der Waals surface area contributed by atoms with E-state index in [1.807, 2.05) is 41.0 Å². The number of ether oxygens (including phenoxy) is 3. The van der Waals surface area contributed by atoms with Crippen molar-refractivity contribution < 1.29 is 35.4 Å². The number of hydrogen-bond donors (Lipinski definition) is 1. The maximum atomic E-state index is 16.0. The SMILES string of the molecule is [2H]C([2H])([2H])C([2H])([2H])c1cc(OCc2ccccc2)c(F)cc1-c1ccc2c(-c3nc4c(n3COCC[Si](C)(C)C)CN(C(=O)N3CC[C@H](O)C3)C4)nn(C3CCCCO3)c2c1. The smallest absolute Gasteiger partial charge is 0.320 e. The normalized spacial score (nSPS) is 20.4. The van der Waals surface area contributed by atoms with Crippen molar-refractivity contribution in [2.75, 3.05) is 26.3 Å². The second kappa shape index (κ2) is 16.1. The highest BCUT2D eigenvalue weighted by Gasteiger charge is 2.36. The summed E-state index contributed by atoms with van der Waals surface area (Å²) in [6, 6.07) is 17.6. The van der Waals surface area contributed by atoms with Crippen LogP contribution in [-0.2, 0) is 42.3 Å². The Hall–Kier alpha value is -4.56. The van der Waals surface area contributed by atoms with Gasteiger partial charge in [-0.3, -0.25) is 0 Å². The van der Waals surface area contributed by atoms with E-state index in [4.69, 9.17) is 31.1 Å². The predicted molar refractivity (Wildman–Crippen MR) is 216 cm³/mol. The molecule has 1 N–H and O–H groups in total. The second-order valence-corrected chi connectivity index (χ2v) is 21.8. The summed E-state index contributed by atoms with van der Waals surface area (Å²) in [5.74, 6) is -0.468. The van der Waals surface area contributed by atoms with E-state index in [0.29, 0.717) is 73.7 Å². The lowest BCUT2D eigenvalue weighted by Gasteiger charge is -2.24. The van der Waals surface area contributed by atoms with Crippen LogP contribution in [0.4, 0.5) is 9.18 Å². The summed E-state index contributed by atoms with van der Waals surface area (Å²) >= 11 is 0. The van der Waals surface area contributed by atoms with E-state index in [0.717, 1.165) is 48.0 Å². The first kappa shape index (κ1) is 32.5. The van der Waals surface area contributed by atoms with Gasteiger partial charge in [0.1, 0.15) is 19.0 Å². The van der Waals surface area contributed by atoms with Crippen molar-refractivity contribution in [3.63, 3.8) is 0 Å². The number of aryl methyl sites for hydroxylation is 1. The summed E-state index contributed by atoms with van der Waals surface area (Å²) in [6.45, 7) is 6.45. The molecule has 0 saturated carbocycles. The molecular weight excluding hydrogens is 728 g/mol. The van der Waals surface area contributed by atoms with Crippen LogP contribution in [0.3, 0.4) is 0 Å². The number of halogens is 1. The van der Waals surface area contributed by atoms with Gasteiger partial charge in [-0.05, 0) is 84.6 Å². The highest BCUT2D eigenvalue weighted by atomic mass is 28.3. The van der Waals surface area contributed by atoms with Gasteiger partial charge in [0.05, 0.1) is 36.1 Å². The van der Waals surface area contributed by atoms with Gasteiger partial charge in [-0.25, -0.2) is 18.9 Å².